The van der Waals surface area contributed by atoms with Gasteiger partial charge in [-0.3, -0.25) is 4.79 Å². The molecule has 18 heavy (non-hydrogen) atoms. The maximum atomic E-state index is 13.8. The van der Waals surface area contributed by atoms with Crippen LogP contribution in [0, 0.1) is 5.82 Å². The summed E-state index contributed by atoms with van der Waals surface area (Å²) in [5, 5.41) is 6.36. The molecule has 0 unspecified atom stereocenters. The van der Waals surface area contributed by atoms with E-state index in [9.17, 15) is 9.18 Å². The number of benzene rings is 1. The zero-order chi connectivity index (χ0) is 13.1. The van der Waals surface area contributed by atoms with Crippen LogP contribution >= 0.6 is 11.6 Å². The first kappa shape index (κ1) is 13.1. The second kappa shape index (κ2) is 5.54. The number of carbonyl (C=O) groups is 1. The summed E-state index contributed by atoms with van der Waals surface area (Å²) < 4.78 is 13.8. The monoisotopic (exact) mass is 271 g/mol. The molecule has 4 nitrogen and oxygen atoms in total. The largest absolute Gasteiger partial charge is 0.381 e. The van der Waals surface area contributed by atoms with Crippen molar-refractivity contribution in [2.75, 3.05) is 18.4 Å². The van der Waals surface area contributed by atoms with Gasteiger partial charge in [0.1, 0.15) is 5.02 Å². The number of hydrogen-bond donors (Lipinski definition) is 3. The number of anilines is 1. The molecule has 1 aliphatic rings. The van der Waals surface area contributed by atoms with Crippen LogP contribution in [0.4, 0.5) is 10.1 Å². The van der Waals surface area contributed by atoms with Gasteiger partial charge in [0.2, 0.25) is 0 Å². The van der Waals surface area contributed by atoms with Crippen molar-refractivity contribution in [1.29, 1.82) is 0 Å². The van der Waals surface area contributed by atoms with Crippen molar-refractivity contribution in [2.24, 2.45) is 5.73 Å². The molecule has 0 spiro atoms. The molecule has 0 radical (unpaired) electrons. The van der Waals surface area contributed by atoms with Crippen LogP contribution in [-0.2, 0) is 0 Å². The quantitative estimate of drug-likeness (QED) is 0.784. The number of carbonyl (C=O) groups excluding carboxylic acids is 1. The summed E-state index contributed by atoms with van der Waals surface area (Å²) >= 11 is 5.90. The lowest BCUT2D eigenvalue weighted by atomic mass is 10.1. The van der Waals surface area contributed by atoms with Crippen LogP contribution in [-0.4, -0.2) is 25.0 Å². The molecule has 0 atom stereocenters. The fourth-order valence-corrected chi connectivity index (χ4v) is 2.26. The third kappa shape index (κ3) is 2.73. The highest BCUT2D eigenvalue weighted by atomic mass is 35.5. The van der Waals surface area contributed by atoms with Gasteiger partial charge < -0.3 is 16.4 Å². The number of halogens is 2. The Bertz CT molecular complexity index is 461. The zero-order valence-electron chi connectivity index (χ0n) is 9.80. The van der Waals surface area contributed by atoms with Crippen LogP contribution in [0.3, 0.4) is 0 Å². The number of nitrogens with one attached hydrogen (secondary N) is 2. The minimum absolute atomic E-state index is 0.0789. The van der Waals surface area contributed by atoms with E-state index in [2.05, 4.69) is 10.6 Å². The summed E-state index contributed by atoms with van der Waals surface area (Å²) in [6.45, 7) is 1.86. The van der Waals surface area contributed by atoms with E-state index in [1.165, 1.54) is 6.07 Å². The molecule has 2 rings (SSSR count). The Hall–Kier alpha value is -1.33. The summed E-state index contributed by atoms with van der Waals surface area (Å²) in [4.78, 5) is 11.0. The standard InChI is InChI=1S/C12H15ClFN3O/c13-10-9(17-7-3-5-16-6-4-7)2-1-8(11(10)14)12(15)18/h1-2,7,16-17H,3-6H2,(H2,15,18). The van der Waals surface area contributed by atoms with E-state index in [1.54, 1.807) is 6.07 Å². The van der Waals surface area contributed by atoms with E-state index in [4.69, 9.17) is 17.3 Å². The van der Waals surface area contributed by atoms with E-state index >= 15 is 0 Å². The topological polar surface area (TPSA) is 67.2 Å². The fraction of sp³-hybridized carbons (Fsp3) is 0.417. The fourth-order valence-electron chi connectivity index (χ4n) is 2.04. The molecule has 1 aromatic rings. The molecule has 0 bridgehead atoms. The lowest BCUT2D eigenvalue weighted by Gasteiger charge is -2.25. The Morgan fingerprint density at radius 1 is 1.44 bits per heavy atom. The van der Waals surface area contributed by atoms with Gasteiger partial charge >= 0.3 is 0 Å². The molecular weight excluding hydrogens is 257 g/mol. The van der Waals surface area contributed by atoms with Crippen LogP contribution in [0.25, 0.3) is 0 Å². The molecule has 1 saturated heterocycles. The molecular formula is C12H15ClFN3O. The molecule has 0 saturated carbocycles. The third-order valence-electron chi connectivity index (χ3n) is 3.05. The van der Waals surface area contributed by atoms with E-state index in [-0.39, 0.29) is 16.6 Å². The summed E-state index contributed by atoms with van der Waals surface area (Å²) in [6.07, 6.45) is 1.91. The second-order valence-electron chi connectivity index (χ2n) is 4.32. The average Bonchev–Trinajstić information content (AvgIpc) is 2.36. The maximum absolute atomic E-state index is 13.8. The van der Waals surface area contributed by atoms with Gasteiger partial charge in [0.25, 0.3) is 5.91 Å². The number of primary amides is 1. The predicted molar refractivity (Wildman–Crippen MR) is 69.4 cm³/mol. The normalized spacial score (nSPS) is 16.6. The number of nitrogens with two attached hydrogens (primary N) is 1. The van der Waals surface area contributed by atoms with E-state index < -0.39 is 11.7 Å². The summed E-state index contributed by atoms with van der Waals surface area (Å²) in [5.41, 5.74) is 5.37. The number of hydrogen-bond acceptors (Lipinski definition) is 3. The van der Waals surface area contributed by atoms with Gasteiger partial charge in [-0.15, -0.1) is 0 Å². The van der Waals surface area contributed by atoms with Crippen molar-refractivity contribution in [2.45, 2.75) is 18.9 Å². The van der Waals surface area contributed by atoms with Crippen molar-refractivity contribution in [3.8, 4) is 0 Å². The summed E-state index contributed by atoms with van der Waals surface area (Å²) in [7, 11) is 0. The second-order valence-corrected chi connectivity index (χ2v) is 4.70. The van der Waals surface area contributed by atoms with Crippen molar-refractivity contribution in [3.63, 3.8) is 0 Å². The van der Waals surface area contributed by atoms with Gasteiger partial charge in [0.15, 0.2) is 5.82 Å². The smallest absolute Gasteiger partial charge is 0.251 e. The highest BCUT2D eigenvalue weighted by Gasteiger charge is 2.18. The van der Waals surface area contributed by atoms with Gasteiger partial charge in [0, 0.05) is 6.04 Å². The minimum Gasteiger partial charge on any atom is -0.381 e. The van der Waals surface area contributed by atoms with E-state index in [1.807, 2.05) is 0 Å². The molecule has 1 amide bonds. The molecule has 6 heteroatoms. The lowest BCUT2D eigenvalue weighted by Crippen LogP contribution is -2.35. The Morgan fingerprint density at radius 3 is 2.72 bits per heavy atom. The first-order valence-corrected chi connectivity index (χ1v) is 6.22. The van der Waals surface area contributed by atoms with Crippen molar-refractivity contribution >= 4 is 23.2 Å². The lowest BCUT2D eigenvalue weighted by molar-refractivity contribution is 0.0996. The van der Waals surface area contributed by atoms with Gasteiger partial charge in [-0.2, -0.15) is 0 Å². The van der Waals surface area contributed by atoms with Crippen molar-refractivity contribution < 1.29 is 9.18 Å². The van der Waals surface area contributed by atoms with Crippen molar-refractivity contribution in [3.05, 3.63) is 28.5 Å². The summed E-state index contributed by atoms with van der Waals surface area (Å²) in [6, 6.07) is 3.21. The Kier molecular flexibility index (Phi) is 4.04. The Labute approximate surface area is 110 Å². The molecule has 1 aromatic carbocycles. The Balaban J connectivity index is 2.18. The van der Waals surface area contributed by atoms with E-state index in [0.717, 1.165) is 25.9 Å². The Morgan fingerprint density at radius 2 is 2.11 bits per heavy atom. The SMILES string of the molecule is NC(=O)c1ccc(NC2CCNCC2)c(Cl)c1F. The third-order valence-corrected chi connectivity index (χ3v) is 3.42. The molecule has 1 fully saturated rings. The first-order valence-electron chi connectivity index (χ1n) is 5.84. The maximum Gasteiger partial charge on any atom is 0.251 e. The molecule has 4 N–H and O–H groups in total. The van der Waals surface area contributed by atoms with Gasteiger partial charge in [-0.1, -0.05) is 11.6 Å². The highest BCUT2D eigenvalue weighted by molar-refractivity contribution is 6.33. The van der Waals surface area contributed by atoms with Crippen molar-refractivity contribution in [1.82, 2.24) is 5.32 Å². The minimum atomic E-state index is -0.817. The predicted octanol–water partition coefficient (Wildman–Crippen LogP) is 1.74. The van der Waals surface area contributed by atoms with E-state index in [0.29, 0.717) is 5.69 Å². The van der Waals surface area contributed by atoms with Crippen LogP contribution in [0.2, 0.25) is 5.02 Å². The number of piperidine rings is 1. The van der Waals surface area contributed by atoms with Gasteiger partial charge in [-0.05, 0) is 38.1 Å². The zero-order valence-corrected chi connectivity index (χ0v) is 10.6. The molecule has 0 aromatic heterocycles. The molecule has 98 valence electrons. The van der Waals surface area contributed by atoms with Crippen LogP contribution < -0.4 is 16.4 Å². The van der Waals surface area contributed by atoms with Crippen LogP contribution in [0.15, 0.2) is 12.1 Å². The molecule has 0 aliphatic carbocycles. The number of rotatable bonds is 3. The molecule has 1 aliphatic heterocycles. The highest BCUT2D eigenvalue weighted by Crippen LogP contribution is 2.28. The van der Waals surface area contributed by atoms with Gasteiger partial charge in [0.05, 0.1) is 11.3 Å². The summed E-state index contributed by atoms with van der Waals surface area (Å²) in [5.74, 6) is -1.58. The first-order chi connectivity index (χ1) is 8.59. The van der Waals surface area contributed by atoms with Gasteiger partial charge in [-0.25, -0.2) is 4.39 Å². The average molecular weight is 272 g/mol. The number of amides is 1. The molecule has 1 heterocycles. The van der Waals surface area contributed by atoms with Crippen LogP contribution in [0.5, 0.6) is 0 Å². The van der Waals surface area contributed by atoms with Crippen LogP contribution in [0.1, 0.15) is 23.2 Å².